The normalized spacial score (nSPS) is 22.2. The summed E-state index contributed by atoms with van der Waals surface area (Å²) in [4.78, 5) is 12.1. The smallest absolute Gasteiger partial charge is 0.227 e. The molecule has 1 aliphatic carbocycles. The van der Waals surface area contributed by atoms with Crippen LogP contribution < -0.4 is 15.8 Å². The standard InChI is InChI=1S/C14H20N2O2.ClH/c1-18-13-7-3-6-12(9-13)16-14(17)10-4-2-5-11(15)8-10;/h3,6-7,9-11H,2,4-5,8,15H2,1H3,(H,16,17);1H. The maximum absolute atomic E-state index is 12.1. The molecule has 2 unspecified atom stereocenters. The Kier molecular flexibility index (Phi) is 6.12. The van der Waals surface area contributed by atoms with Crippen LogP contribution in [0.25, 0.3) is 0 Å². The Hall–Kier alpha value is -1.26. The van der Waals surface area contributed by atoms with E-state index in [0.29, 0.717) is 0 Å². The highest BCUT2D eigenvalue weighted by Crippen LogP contribution is 2.25. The van der Waals surface area contributed by atoms with Gasteiger partial charge in [0.1, 0.15) is 5.75 Å². The summed E-state index contributed by atoms with van der Waals surface area (Å²) >= 11 is 0. The van der Waals surface area contributed by atoms with Crippen molar-refractivity contribution < 1.29 is 9.53 Å². The minimum Gasteiger partial charge on any atom is -0.497 e. The highest BCUT2D eigenvalue weighted by Gasteiger charge is 2.25. The molecule has 0 saturated heterocycles. The van der Waals surface area contributed by atoms with E-state index in [4.69, 9.17) is 10.5 Å². The topological polar surface area (TPSA) is 64.3 Å². The van der Waals surface area contributed by atoms with Gasteiger partial charge in [-0.2, -0.15) is 0 Å². The zero-order chi connectivity index (χ0) is 13.0. The van der Waals surface area contributed by atoms with Crippen molar-refractivity contribution in [3.8, 4) is 5.75 Å². The molecule has 2 rings (SSSR count). The molecule has 0 bridgehead atoms. The monoisotopic (exact) mass is 284 g/mol. The molecular formula is C14H21ClN2O2. The van der Waals surface area contributed by atoms with Crippen molar-refractivity contribution in [3.63, 3.8) is 0 Å². The number of carbonyl (C=O) groups is 1. The van der Waals surface area contributed by atoms with E-state index in [2.05, 4.69) is 5.32 Å². The second-order valence-electron chi connectivity index (χ2n) is 4.84. The van der Waals surface area contributed by atoms with E-state index in [1.54, 1.807) is 7.11 Å². The van der Waals surface area contributed by atoms with Crippen LogP contribution >= 0.6 is 12.4 Å². The first-order valence-corrected chi connectivity index (χ1v) is 6.39. The van der Waals surface area contributed by atoms with Crippen molar-refractivity contribution in [2.75, 3.05) is 12.4 Å². The molecule has 19 heavy (non-hydrogen) atoms. The summed E-state index contributed by atoms with van der Waals surface area (Å²) in [5, 5.41) is 2.93. The molecule has 1 aromatic carbocycles. The van der Waals surface area contributed by atoms with Gasteiger partial charge in [0.05, 0.1) is 7.11 Å². The van der Waals surface area contributed by atoms with Gasteiger partial charge < -0.3 is 15.8 Å². The van der Waals surface area contributed by atoms with Gasteiger partial charge >= 0.3 is 0 Å². The number of rotatable bonds is 3. The molecule has 1 saturated carbocycles. The lowest BCUT2D eigenvalue weighted by molar-refractivity contribution is -0.120. The van der Waals surface area contributed by atoms with E-state index < -0.39 is 0 Å². The van der Waals surface area contributed by atoms with Crippen molar-refractivity contribution in [2.24, 2.45) is 11.7 Å². The molecule has 1 fully saturated rings. The average Bonchev–Trinajstić information content (AvgIpc) is 2.39. The maximum Gasteiger partial charge on any atom is 0.227 e. The lowest BCUT2D eigenvalue weighted by Gasteiger charge is -2.25. The van der Waals surface area contributed by atoms with Crippen LogP contribution in [0.1, 0.15) is 25.7 Å². The van der Waals surface area contributed by atoms with Crippen LogP contribution in [0.3, 0.4) is 0 Å². The number of benzene rings is 1. The van der Waals surface area contributed by atoms with Gasteiger partial charge in [0.25, 0.3) is 0 Å². The number of methoxy groups -OCH3 is 1. The van der Waals surface area contributed by atoms with Crippen molar-refractivity contribution in [1.82, 2.24) is 0 Å². The van der Waals surface area contributed by atoms with Crippen molar-refractivity contribution in [1.29, 1.82) is 0 Å². The van der Waals surface area contributed by atoms with Crippen LogP contribution in [0.2, 0.25) is 0 Å². The minimum atomic E-state index is 0. The number of anilines is 1. The number of hydrogen-bond acceptors (Lipinski definition) is 3. The molecule has 0 radical (unpaired) electrons. The zero-order valence-corrected chi connectivity index (χ0v) is 11.9. The molecule has 0 heterocycles. The number of hydrogen-bond donors (Lipinski definition) is 2. The van der Waals surface area contributed by atoms with Crippen LogP contribution in [-0.4, -0.2) is 19.1 Å². The Bertz CT molecular complexity index is 426. The molecule has 5 heteroatoms. The summed E-state index contributed by atoms with van der Waals surface area (Å²) in [6, 6.07) is 7.57. The Labute approximate surface area is 120 Å². The van der Waals surface area contributed by atoms with Crippen molar-refractivity contribution in [3.05, 3.63) is 24.3 Å². The van der Waals surface area contributed by atoms with Gasteiger partial charge in [-0.15, -0.1) is 12.4 Å². The fourth-order valence-corrected chi connectivity index (χ4v) is 2.41. The summed E-state index contributed by atoms with van der Waals surface area (Å²) in [5.74, 6) is 0.853. The Morgan fingerprint density at radius 2 is 2.21 bits per heavy atom. The van der Waals surface area contributed by atoms with Crippen molar-refractivity contribution in [2.45, 2.75) is 31.7 Å². The van der Waals surface area contributed by atoms with E-state index in [0.717, 1.165) is 37.1 Å². The average molecular weight is 285 g/mol. The van der Waals surface area contributed by atoms with Crippen LogP contribution in [0.5, 0.6) is 5.75 Å². The highest BCUT2D eigenvalue weighted by atomic mass is 35.5. The van der Waals surface area contributed by atoms with E-state index in [1.165, 1.54) is 0 Å². The summed E-state index contributed by atoms with van der Waals surface area (Å²) in [7, 11) is 1.61. The predicted octanol–water partition coefficient (Wildman–Crippen LogP) is 2.57. The predicted molar refractivity (Wildman–Crippen MR) is 78.8 cm³/mol. The highest BCUT2D eigenvalue weighted by molar-refractivity contribution is 5.92. The molecule has 0 aliphatic heterocycles. The molecule has 1 aliphatic rings. The van der Waals surface area contributed by atoms with Crippen molar-refractivity contribution >= 4 is 24.0 Å². The molecule has 1 aromatic rings. The van der Waals surface area contributed by atoms with Gasteiger partial charge in [0.2, 0.25) is 5.91 Å². The lowest BCUT2D eigenvalue weighted by Crippen LogP contribution is -2.34. The van der Waals surface area contributed by atoms with Gasteiger partial charge in [-0.05, 0) is 31.4 Å². The largest absolute Gasteiger partial charge is 0.497 e. The first kappa shape index (κ1) is 15.8. The first-order chi connectivity index (χ1) is 8.69. The van der Waals surface area contributed by atoms with E-state index in [1.807, 2.05) is 24.3 Å². The quantitative estimate of drug-likeness (QED) is 0.897. The second-order valence-corrected chi connectivity index (χ2v) is 4.84. The third-order valence-corrected chi connectivity index (χ3v) is 3.42. The summed E-state index contributed by atoms with van der Waals surface area (Å²) in [6.45, 7) is 0. The number of amides is 1. The fourth-order valence-electron chi connectivity index (χ4n) is 2.41. The SMILES string of the molecule is COc1cccc(NC(=O)C2CCCC(N)C2)c1.Cl. The Morgan fingerprint density at radius 3 is 2.89 bits per heavy atom. The van der Waals surface area contributed by atoms with E-state index in [-0.39, 0.29) is 30.3 Å². The first-order valence-electron chi connectivity index (χ1n) is 6.39. The Balaban J connectivity index is 0.00000180. The summed E-state index contributed by atoms with van der Waals surface area (Å²) in [6.07, 6.45) is 3.79. The third kappa shape index (κ3) is 4.40. The second kappa shape index (κ2) is 7.36. The number of ether oxygens (including phenoxy) is 1. The number of carbonyl (C=O) groups excluding carboxylic acids is 1. The van der Waals surface area contributed by atoms with E-state index >= 15 is 0 Å². The zero-order valence-electron chi connectivity index (χ0n) is 11.1. The summed E-state index contributed by atoms with van der Waals surface area (Å²) < 4.78 is 5.13. The van der Waals surface area contributed by atoms with Crippen LogP contribution in [0.4, 0.5) is 5.69 Å². The van der Waals surface area contributed by atoms with Crippen LogP contribution in [-0.2, 0) is 4.79 Å². The summed E-state index contributed by atoms with van der Waals surface area (Å²) in [5.41, 5.74) is 6.68. The number of halogens is 1. The molecule has 2 atom stereocenters. The van der Waals surface area contributed by atoms with Gasteiger partial charge in [-0.1, -0.05) is 12.5 Å². The molecule has 1 amide bonds. The minimum absolute atomic E-state index is 0. The fraction of sp³-hybridized carbons (Fsp3) is 0.500. The van der Waals surface area contributed by atoms with Gasteiger partial charge in [-0.25, -0.2) is 0 Å². The Morgan fingerprint density at radius 1 is 1.42 bits per heavy atom. The van der Waals surface area contributed by atoms with Gasteiger partial charge in [-0.3, -0.25) is 4.79 Å². The molecule has 4 nitrogen and oxygen atoms in total. The molecule has 106 valence electrons. The lowest BCUT2D eigenvalue weighted by atomic mass is 9.85. The number of nitrogens with two attached hydrogens (primary N) is 1. The van der Waals surface area contributed by atoms with E-state index in [9.17, 15) is 4.79 Å². The molecular weight excluding hydrogens is 264 g/mol. The maximum atomic E-state index is 12.1. The third-order valence-electron chi connectivity index (χ3n) is 3.42. The number of nitrogens with one attached hydrogen (secondary N) is 1. The van der Waals surface area contributed by atoms with Crippen LogP contribution in [0.15, 0.2) is 24.3 Å². The molecule has 0 spiro atoms. The van der Waals surface area contributed by atoms with Crippen LogP contribution in [0, 0.1) is 5.92 Å². The van der Waals surface area contributed by atoms with Gasteiger partial charge in [0, 0.05) is 23.7 Å². The molecule has 0 aromatic heterocycles. The van der Waals surface area contributed by atoms with Gasteiger partial charge in [0.15, 0.2) is 0 Å². The molecule has 3 N–H and O–H groups in total.